The van der Waals surface area contributed by atoms with E-state index < -0.39 is 0 Å². The van der Waals surface area contributed by atoms with Crippen molar-refractivity contribution in [3.63, 3.8) is 0 Å². The number of benzene rings is 1. The summed E-state index contributed by atoms with van der Waals surface area (Å²) in [5.41, 5.74) is 1.08. The van der Waals surface area contributed by atoms with Gasteiger partial charge < -0.3 is 10.2 Å². The van der Waals surface area contributed by atoms with Crippen LogP contribution in [-0.4, -0.2) is 31.1 Å². The largest absolute Gasteiger partial charge is 0.313 e. The van der Waals surface area contributed by atoms with Gasteiger partial charge >= 0.3 is 0 Å². The van der Waals surface area contributed by atoms with Crippen molar-refractivity contribution in [2.45, 2.75) is 26.4 Å². The van der Waals surface area contributed by atoms with Crippen LogP contribution in [0.4, 0.5) is 0 Å². The zero-order chi connectivity index (χ0) is 12.8. The summed E-state index contributed by atoms with van der Waals surface area (Å²) in [5.74, 6) is 0. The molecule has 96 valence electrons. The standard InChI is InChI=1S/C13H20Cl2N2/c1-10(2)16-7-8-17(3)9-11-5-4-6-12(14)13(11)15/h4-6,10,16H,7-9H2,1-3H3. The van der Waals surface area contributed by atoms with E-state index in [2.05, 4.69) is 31.1 Å². The van der Waals surface area contributed by atoms with Crippen molar-refractivity contribution in [2.75, 3.05) is 20.1 Å². The molecule has 1 aromatic rings. The van der Waals surface area contributed by atoms with Crippen LogP contribution in [0.3, 0.4) is 0 Å². The van der Waals surface area contributed by atoms with Crippen molar-refractivity contribution in [3.8, 4) is 0 Å². The lowest BCUT2D eigenvalue weighted by atomic mass is 10.2. The fourth-order valence-electron chi connectivity index (χ4n) is 1.58. The number of hydrogen-bond acceptors (Lipinski definition) is 2. The molecule has 1 rings (SSSR count). The molecule has 0 spiro atoms. The molecule has 0 aliphatic heterocycles. The van der Waals surface area contributed by atoms with Gasteiger partial charge in [-0.2, -0.15) is 0 Å². The molecule has 0 heterocycles. The maximum absolute atomic E-state index is 6.15. The molecule has 0 saturated carbocycles. The van der Waals surface area contributed by atoms with E-state index in [1.165, 1.54) is 0 Å². The summed E-state index contributed by atoms with van der Waals surface area (Å²) < 4.78 is 0. The minimum absolute atomic E-state index is 0.526. The monoisotopic (exact) mass is 274 g/mol. The Morgan fingerprint density at radius 1 is 1.29 bits per heavy atom. The van der Waals surface area contributed by atoms with Gasteiger partial charge in [-0.05, 0) is 18.7 Å². The Morgan fingerprint density at radius 2 is 2.00 bits per heavy atom. The molecule has 0 amide bonds. The second-order valence-electron chi connectivity index (χ2n) is 4.56. The van der Waals surface area contributed by atoms with Crippen LogP contribution in [0.15, 0.2) is 18.2 Å². The minimum atomic E-state index is 0.526. The van der Waals surface area contributed by atoms with E-state index in [0.29, 0.717) is 16.1 Å². The van der Waals surface area contributed by atoms with E-state index in [1.807, 2.05) is 18.2 Å². The Bertz CT molecular complexity index is 353. The topological polar surface area (TPSA) is 15.3 Å². The Balaban J connectivity index is 2.45. The Labute approximate surface area is 114 Å². The second kappa shape index (κ2) is 7.22. The maximum Gasteiger partial charge on any atom is 0.0637 e. The normalized spacial score (nSPS) is 11.5. The van der Waals surface area contributed by atoms with Crippen LogP contribution in [0.1, 0.15) is 19.4 Å². The fourth-order valence-corrected chi connectivity index (χ4v) is 1.96. The zero-order valence-corrected chi connectivity index (χ0v) is 12.1. The lowest BCUT2D eigenvalue weighted by Gasteiger charge is -2.19. The highest BCUT2D eigenvalue weighted by molar-refractivity contribution is 6.42. The van der Waals surface area contributed by atoms with Crippen LogP contribution in [0, 0.1) is 0 Å². The molecule has 0 aromatic heterocycles. The Morgan fingerprint density at radius 3 is 2.65 bits per heavy atom. The first-order valence-electron chi connectivity index (χ1n) is 5.85. The number of hydrogen-bond donors (Lipinski definition) is 1. The van der Waals surface area contributed by atoms with E-state index in [0.717, 1.165) is 25.2 Å². The van der Waals surface area contributed by atoms with Gasteiger partial charge in [0.05, 0.1) is 10.0 Å². The van der Waals surface area contributed by atoms with Gasteiger partial charge in [-0.25, -0.2) is 0 Å². The quantitative estimate of drug-likeness (QED) is 0.855. The highest BCUT2D eigenvalue weighted by Gasteiger charge is 2.07. The van der Waals surface area contributed by atoms with Crippen LogP contribution < -0.4 is 5.32 Å². The third-order valence-corrected chi connectivity index (χ3v) is 3.38. The van der Waals surface area contributed by atoms with Gasteiger partial charge in [0.1, 0.15) is 0 Å². The molecule has 0 radical (unpaired) electrons. The molecule has 4 heteroatoms. The van der Waals surface area contributed by atoms with Crippen molar-refractivity contribution in [1.29, 1.82) is 0 Å². The average molecular weight is 275 g/mol. The number of nitrogens with zero attached hydrogens (tertiary/aromatic N) is 1. The smallest absolute Gasteiger partial charge is 0.0637 e. The molecule has 1 aromatic carbocycles. The Hall–Kier alpha value is -0.280. The van der Waals surface area contributed by atoms with Crippen LogP contribution in [0.2, 0.25) is 10.0 Å². The predicted molar refractivity (Wildman–Crippen MR) is 75.9 cm³/mol. The summed E-state index contributed by atoms with van der Waals surface area (Å²) in [6.07, 6.45) is 0. The summed E-state index contributed by atoms with van der Waals surface area (Å²) in [4.78, 5) is 2.23. The first-order valence-corrected chi connectivity index (χ1v) is 6.61. The molecule has 0 aliphatic rings. The van der Waals surface area contributed by atoms with Crippen molar-refractivity contribution >= 4 is 23.2 Å². The minimum Gasteiger partial charge on any atom is -0.313 e. The van der Waals surface area contributed by atoms with Gasteiger partial charge in [-0.1, -0.05) is 49.2 Å². The molecule has 0 fully saturated rings. The van der Waals surface area contributed by atoms with Crippen molar-refractivity contribution in [1.82, 2.24) is 10.2 Å². The van der Waals surface area contributed by atoms with Gasteiger partial charge in [0.25, 0.3) is 0 Å². The lowest BCUT2D eigenvalue weighted by molar-refractivity contribution is 0.320. The molecule has 0 aliphatic carbocycles. The molecule has 1 N–H and O–H groups in total. The molecule has 17 heavy (non-hydrogen) atoms. The van der Waals surface area contributed by atoms with Gasteiger partial charge in [0, 0.05) is 25.7 Å². The van der Waals surface area contributed by atoms with Crippen LogP contribution >= 0.6 is 23.2 Å². The van der Waals surface area contributed by atoms with Crippen LogP contribution in [0.25, 0.3) is 0 Å². The Kier molecular flexibility index (Phi) is 6.28. The number of halogens is 2. The van der Waals surface area contributed by atoms with Crippen molar-refractivity contribution < 1.29 is 0 Å². The predicted octanol–water partition coefficient (Wildman–Crippen LogP) is 3.42. The third-order valence-electron chi connectivity index (χ3n) is 2.52. The highest BCUT2D eigenvalue weighted by Crippen LogP contribution is 2.26. The zero-order valence-electron chi connectivity index (χ0n) is 10.6. The van der Waals surface area contributed by atoms with Gasteiger partial charge in [0.2, 0.25) is 0 Å². The summed E-state index contributed by atoms with van der Waals surface area (Å²) in [7, 11) is 2.08. The lowest BCUT2D eigenvalue weighted by Crippen LogP contribution is -2.32. The fraction of sp³-hybridized carbons (Fsp3) is 0.538. The first kappa shape index (κ1) is 14.8. The molecule has 2 nitrogen and oxygen atoms in total. The van der Waals surface area contributed by atoms with Gasteiger partial charge in [0.15, 0.2) is 0 Å². The highest BCUT2D eigenvalue weighted by atomic mass is 35.5. The number of likely N-dealkylation sites (N-methyl/N-ethyl adjacent to an activating group) is 1. The molecule has 0 saturated heterocycles. The van der Waals surface area contributed by atoms with E-state index in [4.69, 9.17) is 23.2 Å². The van der Waals surface area contributed by atoms with Gasteiger partial charge in [-0.3, -0.25) is 0 Å². The van der Waals surface area contributed by atoms with E-state index in [9.17, 15) is 0 Å². The molecule has 0 atom stereocenters. The molecular weight excluding hydrogens is 255 g/mol. The van der Waals surface area contributed by atoms with Crippen molar-refractivity contribution in [2.24, 2.45) is 0 Å². The molecule has 0 bridgehead atoms. The van der Waals surface area contributed by atoms with E-state index in [1.54, 1.807) is 0 Å². The number of nitrogens with one attached hydrogen (secondary N) is 1. The maximum atomic E-state index is 6.15. The second-order valence-corrected chi connectivity index (χ2v) is 5.34. The van der Waals surface area contributed by atoms with Crippen molar-refractivity contribution in [3.05, 3.63) is 33.8 Å². The van der Waals surface area contributed by atoms with Gasteiger partial charge in [-0.15, -0.1) is 0 Å². The van der Waals surface area contributed by atoms with Crippen LogP contribution in [0.5, 0.6) is 0 Å². The summed E-state index contributed by atoms with van der Waals surface area (Å²) >= 11 is 12.1. The SMILES string of the molecule is CC(C)NCCN(C)Cc1cccc(Cl)c1Cl. The summed E-state index contributed by atoms with van der Waals surface area (Å²) in [5, 5.41) is 4.68. The molecular formula is C13H20Cl2N2. The summed E-state index contributed by atoms with van der Waals surface area (Å²) in [6, 6.07) is 6.29. The number of rotatable bonds is 6. The molecule has 0 unspecified atom stereocenters. The van der Waals surface area contributed by atoms with E-state index >= 15 is 0 Å². The third kappa shape index (κ3) is 5.26. The van der Waals surface area contributed by atoms with Crippen LogP contribution in [-0.2, 0) is 6.54 Å². The summed E-state index contributed by atoms with van der Waals surface area (Å²) in [6.45, 7) is 7.08. The van der Waals surface area contributed by atoms with E-state index in [-0.39, 0.29) is 0 Å². The first-order chi connectivity index (χ1) is 8.00. The average Bonchev–Trinajstić information content (AvgIpc) is 2.24.